The van der Waals surface area contributed by atoms with Crippen molar-refractivity contribution in [2.75, 3.05) is 13.1 Å². The van der Waals surface area contributed by atoms with E-state index in [1.54, 1.807) is 30.1 Å². The summed E-state index contributed by atoms with van der Waals surface area (Å²) in [4.78, 5) is 43.9. The molecule has 1 aromatic carbocycles. The van der Waals surface area contributed by atoms with Crippen molar-refractivity contribution in [1.29, 1.82) is 0 Å². The second-order valence-corrected chi connectivity index (χ2v) is 8.22. The molecule has 0 atom stereocenters. The van der Waals surface area contributed by atoms with E-state index in [4.69, 9.17) is 0 Å². The second kappa shape index (κ2) is 7.23. The Morgan fingerprint density at radius 3 is 2.57 bits per heavy atom. The van der Waals surface area contributed by atoms with E-state index < -0.39 is 0 Å². The molecule has 1 aliphatic heterocycles. The van der Waals surface area contributed by atoms with Crippen LogP contribution in [0, 0.1) is 0 Å². The number of aryl methyl sites for hydroxylation is 1. The third-order valence-corrected chi connectivity index (χ3v) is 6.14. The zero-order chi connectivity index (χ0) is 20.8. The molecule has 3 aromatic rings. The van der Waals surface area contributed by atoms with Gasteiger partial charge in [-0.15, -0.1) is 0 Å². The summed E-state index contributed by atoms with van der Waals surface area (Å²) < 4.78 is 4.65. The maximum Gasteiger partial charge on any atom is 0.345 e. The van der Waals surface area contributed by atoms with Gasteiger partial charge in [0.25, 0.3) is 5.56 Å². The van der Waals surface area contributed by atoms with Crippen molar-refractivity contribution in [3.8, 4) is 0 Å². The van der Waals surface area contributed by atoms with Gasteiger partial charge in [-0.1, -0.05) is 12.1 Å². The van der Waals surface area contributed by atoms with Crippen LogP contribution in [-0.2, 0) is 18.4 Å². The molecule has 1 amide bonds. The number of para-hydroxylation sites is 1. The Kier molecular flexibility index (Phi) is 4.52. The lowest BCUT2D eigenvalue weighted by atomic mass is 9.95. The SMILES string of the molecule is Cn1nc(C2CCN(C(=O)Cn3cnc4ccccc4c3=O)CC2)n(C2CC2)c1=O. The zero-order valence-electron chi connectivity index (χ0n) is 16.9. The summed E-state index contributed by atoms with van der Waals surface area (Å²) in [5.41, 5.74) is 0.379. The first-order valence-electron chi connectivity index (χ1n) is 10.4. The van der Waals surface area contributed by atoms with E-state index in [0.717, 1.165) is 31.5 Å². The van der Waals surface area contributed by atoms with Gasteiger partial charge in [0.05, 0.1) is 17.2 Å². The van der Waals surface area contributed by atoms with Gasteiger partial charge in [-0.2, -0.15) is 5.10 Å². The Labute approximate surface area is 172 Å². The normalized spacial score (nSPS) is 17.6. The smallest absolute Gasteiger partial charge is 0.341 e. The molecule has 9 heteroatoms. The molecule has 0 bridgehead atoms. The Balaban J connectivity index is 1.28. The number of hydrogen-bond donors (Lipinski definition) is 0. The molecular formula is C21H24N6O3. The van der Waals surface area contributed by atoms with Crippen LogP contribution in [0.15, 0.2) is 40.2 Å². The minimum absolute atomic E-state index is 0.0162. The summed E-state index contributed by atoms with van der Waals surface area (Å²) in [5, 5.41) is 5.00. The quantitative estimate of drug-likeness (QED) is 0.643. The molecule has 0 radical (unpaired) electrons. The van der Waals surface area contributed by atoms with Crippen molar-refractivity contribution in [2.45, 2.75) is 44.2 Å². The first-order chi connectivity index (χ1) is 14.5. The molecule has 3 heterocycles. The molecule has 2 fully saturated rings. The topological polar surface area (TPSA) is 95.0 Å². The molecule has 0 N–H and O–H groups in total. The number of carbonyl (C=O) groups excluding carboxylic acids is 1. The summed E-state index contributed by atoms with van der Waals surface area (Å²) in [5.74, 6) is 0.939. The van der Waals surface area contributed by atoms with Crippen LogP contribution in [0.25, 0.3) is 10.9 Å². The molecule has 9 nitrogen and oxygen atoms in total. The fourth-order valence-corrected chi connectivity index (χ4v) is 4.30. The van der Waals surface area contributed by atoms with E-state index in [1.165, 1.54) is 15.6 Å². The lowest BCUT2D eigenvalue weighted by Crippen LogP contribution is -2.41. The zero-order valence-corrected chi connectivity index (χ0v) is 16.9. The Morgan fingerprint density at radius 1 is 1.10 bits per heavy atom. The van der Waals surface area contributed by atoms with Crippen LogP contribution >= 0.6 is 0 Å². The molecule has 30 heavy (non-hydrogen) atoms. The number of hydrogen-bond acceptors (Lipinski definition) is 5. The molecule has 0 unspecified atom stereocenters. The number of rotatable bonds is 4. The van der Waals surface area contributed by atoms with Crippen molar-refractivity contribution >= 4 is 16.8 Å². The van der Waals surface area contributed by atoms with E-state index in [0.29, 0.717) is 24.0 Å². The fourth-order valence-electron chi connectivity index (χ4n) is 4.30. The van der Waals surface area contributed by atoms with Crippen LogP contribution in [0.2, 0.25) is 0 Å². The lowest BCUT2D eigenvalue weighted by Gasteiger charge is -2.31. The van der Waals surface area contributed by atoms with Crippen LogP contribution in [-0.4, -0.2) is 47.8 Å². The van der Waals surface area contributed by atoms with Gasteiger partial charge < -0.3 is 4.90 Å². The maximum absolute atomic E-state index is 12.8. The first kappa shape index (κ1) is 18.8. The number of carbonyl (C=O) groups is 1. The van der Waals surface area contributed by atoms with Crippen LogP contribution in [0.5, 0.6) is 0 Å². The van der Waals surface area contributed by atoms with E-state index >= 15 is 0 Å². The highest BCUT2D eigenvalue weighted by molar-refractivity contribution is 5.79. The highest BCUT2D eigenvalue weighted by Crippen LogP contribution is 2.37. The molecule has 1 saturated heterocycles. The average molecular weight is 408 g/mol. The van der Waals surface area contributed by atoms with Gasteiger partial charge in [0.1, 0.15) is 12.4 Å². The minimum Gasteiger partial charge on any atom is -0.341 e. The Morgan fingerprint density at radius 2 is 1.83 bits per heavy atom. The number of piperidine rings is 1. The van der Waals surface area contributed by atoms with Crippen molar-refractivity contribution in [3.63, 3.8) is 0 Å². The number of amides is 1. The van der Waals surface area contributed by atoms with Gasteiger partial charge in [-0.25, -0.2) is 14.5 Å². The highest BCUT2D eigenvalue weighted by Gasteiger charge is 2.34. The van der Waals surface area contributed by atoms with Crippen LogP contribution < -0.4 is 11.2 Å². The Bertz CT molecular complexity index is 1230. The van der Waals surface area contributed by atoms with E-state index in [9.17, 15) is 14.4 Å². The van der Waals surface area contributed by atoms with Crippen LogP contribution in [0.3, 0.4) is 0 Å². The van der Waals surface area contributed by atoms with Gasteiger partial charge in [0, 0.05) is 32.1 Å². The van der Waals surface area contributed by atoms with Crippen molar-refractivity contribution in [1.82, 2.24) is 28.8 Å². The third-order valence-electron chi connectivity index (χ3n) is 6.14. The van der Waals surface area contributed by atoms with Gasteiger partial charge >= 0.3 is 5.69 Å². The van der Waals surface area contributed by atoms with E-state index in [2.05, 4.69) is 10.1 Å². The average Bonchev–Trinajstić information content (AvgIpc) is 3.56. The number of benzene rings is 1. The highest BCUT2D eigenvalue weighted by atomic mass is 16.2. The molecule has 5 rings (SSSR count). The van der Waals surface area contributed by atoms with Crippen LogP contribution in [0.1, 0.15) is 43.5 Å². The summed E-state index contributed by atoms with van der Waals surface area (Å²) in [6.07, 6.45) is 5.03. The monoisotopic (exact) mass is 408 g/mol. The minimum atomic E-state index is -0.203. The van der Waals surface area contributed by atoms with E-state index in [-0.39, 0.29) is 35.7 Å². The predicted octanol–water partition coefficient (Wildman–Crippen LogP) is 1.03. The third kappa shape index (κ3) is 3.24. The standard InChI is InChI=1S/C21H24N6O3/c1-24-21(30)27(15-6-7-15)19(23-24)14-8-10-25(11-9-14)18(28)12-26-13-22-17-5-3-2-4-16(17)20(26)29/h2-5,13-15H,6-12H2,1H3. The van der Waals surface area contributed by atoms with Crippen molar-refractivity contribution in [3.05, 3.63) is 57.3 Å². The first-order valence-corrected chi connectivity index (χ1v) is 10.4. The Hall–Kier alpha value is -3.23. The molecule has 1 aliphatic carbocycles. The van der Waals surface area contributed by atoms with Gasteiger partial charge in [0.15, 0.2) is 0 Å². The van der Waals surface area contributed by atoms with Crippen LogP contribution in [0.4, 0.5) is 0 Å². The number of nitrogens with zero attached hydrogens (tertiary/aromatic N) is 6. The van der Waals surface area contributed by atoms with E-state index in [1.807, 2.05) is 10.6 Å². The molecule has 156 valence electrons. The van der Waals surface area contributed by atoms with Crippen molar-refractivity contribution in [2.24, 2.45) is 7.05 Å². The van der Waals surface area contributed by atoms with Gasteiger partial charge in [-0.05, 0) is 37.8 Å². The molecule has 1 saturated carbocycles. The summed E-state index contributed by atoms with van der Waals surface area (Å²) in [6.45, 7) is 1.17. The fraction of sp³-hybridized carbons (Fsp3) is 0.476. The molecular weight excluding hydrogens is 384 g/mol. The summed E-state index contributed by atoms with van der Waals surface area (Å²) in [7, 11) is 1.69. The number of fused-ring (bicyclic) bond motifs is 1. The van der Waals surface area contributed by atoms with Gasteiger partial charge in [0.2, 0.25) is 5.91 Å². The summed E-state index contributed by atoms with van der Waals surface area (Å²) in [6, 6.07) is 7.42. The lowest BCUT2D eigenvalue weighted by molar-refractivity contribution is -0.133. The molecule has 0 spiro atoms. The second-order valence-electron chi connectivity index (χ2n) is 8.22. The largest absolute Gasteiger partial charge is 0.345 e. The molecule has 2 aliphatic rings. The van der Waals surface area contributed by atoms with Crippen molar-refractivity contribution < 1.29 is 4.79 Å². The predicted molar refractivity (Wildman–Crippen MR) is 110 cm³/mol. The summed E-state index contributed by atoms with van der Waals surface area (Å²) >= 11 is 0. The number of aromatic nitrogens is 5. The maximum atomic E-state index is 12.8. The molecule has 2 aromatic heterocycles. The number of likely N-dealkylation sites (tertiary alicyclic amines) is 1. The van der Waals surface area contributed by atoms with Gasteiger partial charge in [-0.3, -0.25) is 18.7 Å².